The first-order chi connectivity index (χ1) is 15.6. The zero-order valence-corrected chi connectivity index (χ0v) is 18.5. The van der Waals surface area contributed by atoms with Crippen LogP contribution in [0.5, 0.6) is 5.88 Å². The summed E-state index contributed by atoms with van der Waals surface area (Å²) >= 11 is 0. The summed E-state index contributed by atoms with van der Waals surface area (Å²) in [6.45, 7) is 0.765. The Labute approximate surface area is 187 Å². The molecule has 1 saturated carbocycles. The molecule has 166 valence electrons. The average Bonchev–Trinajstić information content (AvgIpc) is 2.81. The van der Waals surface area contributed by atoms with E-state index < -0.39 is 6.10 Å². The normalized spacial score (nSPS) is 20.4. The Morgan fingerprint density at radius 1 is 1.22 bits per heavy atom. The highest BCUT2D eigenvalue weighted by molar-refractivity contribution is 5.97. The van der Waals surface area contributed by atoms with Gasteiger partial charge in [0.05, 0.1) is 36.7 Å². The van der Waals surface area contributed by atoms with Crippen molar-refractivity contribution in [2.45, 2.75) is 44.2 Å². The van der Waals surface area contributed by atoms with E-state index in [4.69, 9.17) is 9.72 Å². The number of aromatic nitrogens is 3. The second-order valence-corrected chi connectivity index (χ2v) is 8.74. The molecule has 0 unspecified atom stereocenters. The van der Waals surface area contributed by atoms with E-state index >= 15 is 0 Å². The van der Waals surface area contributed by atoms with E-state index in [9.17, 15) is 9.90 Å². The topological polar surface area (TPSA) is 80.5 Å². The molecule has 2 aromatic heterocycles. The molecule has 0 saturated heterocycles. The van der Waals surface area contributed by atoms with Gasteiger partial charge in [-0.25, -0.2) is 9.97 Å². The predicted octanol–water partition coefficient (Wildman–Crippen LogP) is 3.33. The third kappa shape index (κ3) is 3.56. The molecule has 1 aromatic carbocycles. The van der Waals surface area contributed by atoms with Crippen LogP contribution in [-0.4, -0.2) is 46.4 Å². The van der Waals surface area contributed by atoms with Gasteiger partial charge in [0.1, 0.15) is 5.52 Å². The van der Waals surface area contributed by atoms with Gasteiger partial charge < -0.3 is 14.7 Å². The third-order valence-corrected chi connectivity index (χ3v) is 6.67. The Bertz CT molecular complexity index is 1250. The summed E-state index contributed by atoms with van der Waals surface area (Å²) in [6, 6.07) is 5.66. The van der Waals surface area contributed by atoms with Crippen LogP contribution in [0.4, 0.5) is 5.69 Å². The van der Waals surface area contributed by atoms with Gasteiger partial charge in [0.25, 0.3) is 5.56 Å². The Hall–Kier alpha value is -3.19. The average molecular weight is 433 g/mol. The molecule has 7 nitrogen and oxygen atoms in total. The first-order valence-corrected chi connectivity index (χ1v) is 11.2. The Morgan fingerprint density at radius 3 is 2.88 bits per heavy atom. The van der Waals surface area contributed by atoms with Gasteiger partial charge in [-0.2, -0.15) is 0 Å². The van der Waals surface area contributed by atoms with Gasteiger partial charge in [0.15, 0.2) is 0 Å². The number of ether oxygens (including phenoxy) is 1. The lowest BCUT2D eigenvalue weighted by atomic mass is 9.92. The van der Waals surface area contributed by atoms with Crippen LogP contribution in [0.2, 0.25) is 0 Å². The molecule has 0 radical (unpaired) electrons. The first kappa shape index (κ1) is 20.7. The molecular formula is C25H28N4O3. The number of likely N-dealkylation sites (N-methyl/N-ethyl adjacent to an activating group) is 1. The number of benzene rings is 1. The molecule has 1 aliphatic heterocycles. The quantitative estimate of drug-likeness (QED) is 0.681. The van der Waals surface area contributed by atoms with Crippen molar-refractivity contribution < 1.29 is 9.84 Å². The summed E-state index contributed by atoms with van der Waals surface area (Å²) in [6.07, 6.45) is 11.3. The minimum absolute atomic E-state index is 0.0831. The van der Waals surface area contributed by atoms with Crippen molar-refractivity contribution in [3.8, 4) is 5.88 Å². The number of nitrogens with zero attached hydrogens (tertiary/aromatic N) is 4. The van der Waals surface area contributed by atoms with Crippen molar-refractivity contribution in [3.63, 3.8) is 0 Å². The monoisotopic (exact) mass is 432 g/mol. The van der Waals surface area contributed by atoms with Crippen molar-refractivity contribution >= 4 is 22.7 Å². The maximum atomic E-state index is 13.6. The van der Waals surface area contributed by atoms with E-state index in [1.807, 2.05) is 25.2 Å². The zero-order valence-electron chi connectivity index (χ0n) is 18.5. The summed E-state index contributed by atoms with van der Waals surface area (Å²) in [5.74, 6) is 0.570. The molecule has 1 N–H and O–H groups in total. The smallest absolute Gasteiger partial charge is 0.261 e. The summed E-state index contributed by atoms with van der Waals surface area (Å²) < 4.78 is 6.93. The highest BCUT2D eigenvalue weighted by Crippen LogP contribution is 2.36. The van der Waals surface area contributed by atoms with Crippen LogP contribution in [0.3, 0.4) is 0 Å². The van der Waals surface area contributed by atoms with E-state index in [2.05, 4.69) is 22.0 Å². The Morgan fingerprint density at radius 2 is 2.06 bits per heavy atom. The highest BCUT2D eigenvalue weighted by Gasteiger charge is 2.27. The lowest BCUT2D eigenvalue weighted by molar-refractivity contribution is 0.0735. The number of aliphatic hydroxyl groups excluding tert-OH is 1. The van der Waals surface area contributed by atoms with Crippen LogP contribution >= 0.6 is 0 Å². The number of anilines is 1. The number of aliphatic hydroxyl groups is 1. The molecule has 1 aliphatic carbocycles. The standard InChI is InChI=1S/C25H28N4O3/c1-28-11-5-6-18-17(12-16-9-10-26-22(13-16)32-2)14-19-23(24(18)28)27-15-29(25(19)31)20-7-3-4-8-21(20)30/h5-6,9-10,13-15,20-21,30H,3-4,7-8,11-12H2,1-2H3/t20-,21-/m0/s1. The van der Waals surface area contributed by atoms with Gasteiger partial charge in [-0.05, 0) is 42.5 Å². The lowest BCUT2D eigenvalue weighted by Gasteiger charge is -2.30. The second-order valence-electron chi connectivity index (χ2n) is 8.74. The van der Waals surface area contributed by atoms with E-state index in [-0.39, 0.29) is 11.6 Å². The molecule has 0 amide bonds. The molecule has 3 heterocycles. The van der Waals surface area contributed by atoms with Gasteiger partial charge in [-0.1, -0.05) is 25.0 Å². The van der Waals surface area contributed by atoms with Crippen LogP contribution in [-0.2, 0) is 6.42 Å². The van der Waals surface area contributed by atoms with Crippen LogP contribution < -0.4 is 15.2 Å². The number of hydrogen-bond acceptors (Lipinski definition) is 6. The van der Waals surface area contributed by atoms with Gasteiger partial charge in [0, 0.05) is 31.4 Å². The van der Waals surface area contributed by atoms with Gasteiger partial charge in [-0.15, -0.1) is 0 Å². The number of methoxy groups -OCH3 is 1. The number of fused-ring (bicyclic) bond motifs is 3. The SMILES string of the molecule is COc1cc(Cc2cc3c(=O)n([C@H]4CCCC[C@@H]4O)cnc3c3c2C=CCN3C)ccn1. The molecule has 7 heteroatoms. The molecule has 32 heavy (non-hydrogen) atoms. The molecule has 2 atom stereocenters. The number of hydrogen-bond donors (Lipinski definition) is 1. The van der Waals surface area contributed by atoms with E-state index in [0.717, 1.165) is 60.1 Å². The number of pyridine rings is 1. The predicted molar refractivity (Wildman–Crippen MR) is 125 cm³/mol. The summed E-state index contributed by atoms with van der Waals surface area (Å²) in [5, 5.41) is 11.1. The van der Waals surface area contributed by atoms with Crippen molar-refractivity contribution in [1.82, 2.24) is 14.5 Å². The Kier molecular flexibility index (Phi) is 5.43. The molecule has 1 fully saturated rings. The maximum Gasteiger partial charge on any atom is 0.261 e. The van der Waals surface area contributed by atoms with Crippen LogP contribution in [0.1, 0.15) is 48.4 Å². The van der Waals surface area contributed by atoms with Crippen molar-refractivity contribution in [1.29, 1.82) is 0 Å². The molecule has 5 rings (SSSR count). The summed E-state index contributed by atoms with van der Waals surface area (Å²) in [4.78, 5) is 24.7. The minimum Gasteiger partial charge on any atom is -0.481 e. The van der Waals surface area contributed by atoms with Crippen molar-refractivity contribution in [2.75, 3.05) is 25.6 Å². The molecule has 3 aromatic rings. The van der Waals surface area contributed by atoms with E-state index in [1.54, 1.807) is 24.2 Å². The third-order valence-electron chi connectivity index (χ3n) is 6.67. The second kappa shape index (κ2) is 8.39. The van der Waals surface area contributed by atoms with Gasteiger partial charge >= 0.3 is 0 Å². The fourth-order valence-electron chi connectivity index (χ4n) is 5.02. The first-order valence-electron chi connectivity index (χ1n) is 11.2. The molecular weight excluding hydrogens is 404 g/mol. The van der Waals surface area contributed by atoms with Crippen LogP contribution in [0.25, 0.3) is 17.0 Å². The summed E-state index contributed by atoms with van der Waals surface area (Å²) in [5.41, 5.74) is 4.82. The summed E-state index contributed by atoms with van der Waals surface area (Å²) in [7, 11) is 3.63. The zero-order chi connectivity index (χ0) is 22.2. The fraction of sp³-hybridized carbons (Fsp3) is 0.400. The number of rotatable bonds is 4. The largest absolute Gasteiger partial charge is 0.481 e. The van der Waals surface area contributed by atoms with Crippen LogP contribution in [0.15, 0.2) is 41.6 Å². The molecule has 2 aliphatic rings. The fourth-order valence-corrected chi connectivity index (χ4v) is 5.02. The Balaban J connectivity index is 1.68. The van der Waals surface area contributed by atoms with E-state index in [1.165, 1.54) is 0 Å². The van der Waals surface area contributed by atoms with Crippen LogP contribution in [0, 0.1) is 0 Å². The minimum atomic E-state index is -0.507. The van der Waals surface area contributed by atoms with Gasteiger partial charge in [0.2, 0.25) is 5.88 Å². The van der Waals surface area contributed by atoms with Crippen molar-refractivity contribution in [3.05, 3.63) is 63.8 Å². The molecule has 0 spiro atoms. The lowest BCUT2D eigenvalue weighted by Crippen LogP contribution is -2.35. The van der Waals surface area contributed by atoms with E-state index in [0.29, 0.717) is 17.7 Å². The highest BCUT2D eigenvalue weighted by atomic mass is 16.5. The van der Waals surface area contributed by atoms with Gasteiger partial charge in [-0.3, -0.25) is 9.36 Å². The molecule has 0 bridgehead atoms. The maximum absolute atomic E-state index is 13.6. The van der Waals surface area contributed by atoms with Crippen molar-refractivity contribution in [2.24, 2.45) is 0 Å².